The van der Waals surface area contributed by atoms with Crippen LogP contribution in [-0.2, 0) is 11.2 Å². The second-order valence-electron chi connectivity index (χ2n) is 7.80. The highest BCUT2D eigenvalue weighted by atomic mass is 35.5. The predicted molar refractivity (Wildman–Crippen MR) is 121 cm³/mol. The number of hydrogen-bond acceptors (Lipinski definition) is 2. The quantitative estimate of drug-likeness (QED) is 0.332. The van der Waals surface area contributed by atoms with Crippen LogP contribution in [0, 0.1) is 17.5 Å². The molecule has 33 heavy (non-hydrogen) atoms. The highest BCUT2D eigenvalue weighted by Gasteiger charge is 2.39. The first-order valence-corrected chi connectivity index (χ1v) is 10.6. The lowest BCUT2D eigenvalue weighted by Crippen LogP contribution is -2.25. The summed E-state index contributed by atoms with van der Waals surface area (Å²) in [5, 5.41) is -0.00836. The molecule has 0 saturated heterocycles. The Hall–Kier alpha value is -3.64. The van der Waals surface area contributed by atoms with Crippen molar-refractivity contribution in [1.82, 2.24) is 4.98 Å². The minimum Gasteiger partial charge on any atom is -0.273 e. The summed E-state index contributed by atoms with van der Waals surface area (Å²) in [7, 11) is 0. The molecule has 5 rings (SSSR count). The molecule has 7 heteroatoms. The van der Waals surface area contributed by atoms with Crippen molar-refractivity contribution < 1.29 is 18.0 Å². The number of fused-ring (bicyclic) bond motifs is 1. The fourth-order valence-electron chi connectivity index (χ4n) is 4.18. The molecule has 3 nitrogen and oxygen atoms in total. The van der Waals surface area contributed by atoms with Gasteiger partial charge in [-0.3, -0.25) is 9.69 Å². The van der Waals surface area contributed by atoms with Gasteiger partial charge in [0.25, 0.3) is 0 Å². The number of amides is 1. The van der Waals surface area contributed by atoms with Crippen LogP contribution >= 0.6 is 11.6 Å². The molecular formula is C26H16ClF3N2O. The van der Waals surface area contributed by atoms with Crippen LogP contribution in [0.5, 0.6) is 0 Å². The van der Waals surface area contributed by atoms with Gasteiger partial charge in [-0.25, -0.2) is 18.2 Å². The third-order valence-electron chi connectivity index (χ3n) is 5.66. The molecule has 0 N–H and O–H groups in total. The topological polar surface area (TPSA) is 33.2 Å². The molecular weight excluding hydrogens is 449 g/mol. The lowest BCUT2D eigenvalue weighted by atomic mass is 9.91. The van der Waals surface area contributed by atoms with Crippen LogP contribution in [-0.4, -0.2) is 10.9 Å². The van der Waals surface area contributed by atoms with Crippen LogP contribution in [0.2, 0.25) is 5.02 Å². The Morgan fingerprint density at radius 2 is 1.61 bits per heavy atom. The van der Waals surface area contributed by atoms with E-state index in [1.54, 1.807) is 36.5 Å². The summed E-state index contributed by atoms with van der Waals surface area (Å²) in [6, 6.07) is 18.3. The first-order valence-electron chi connectivity index (χ1n) is 10.2. The van der Waals surface area contributed by atoms with E-state index in [2.05, 4.69) is 4.98 Å². The lowest BCUT2D eigenvalue weighted by Gasteiger charge is -2.17. The van der Waals surface area contributed by atoms with Crippen molar-refractivity contribution in [1.29, 1.82) is 0 Å². The third kappa shape index (κ3) is 3.98. The Morgan fingerprint density at radius 1 is 0.879 bits per heavy atom. The van der Waals surface area contributed by atoms with Crippen molar-refractivity contribution in [2.75, 3.05) is 4.90 Å². The van der Waals surface area contributed by atoms with Crippen molar-refractivity contribution in [2.45, 2.75) is 12.3 Å². The summed E-state index contributed by atoms with van der Waals surface area (Å²) in [5.74, 6) is -2.40. The van der Waals surface area contributed by atoms with E-state index in [1.807, 2.05) is 12.1 Å². The Bertz CT molecular complexity index is 1360. The Morgan fingerprint density at radius 3 is 2.30 bits per heavy atom. The van der Waals surface area contributed by atoms with E-state index < -0.39 is 23.4 Å². The van der Waals surface area contributed by atoms with Gasteiger partial charge in [-0.1, -0.05) is 29.8 Å². The SMILES string of the molecule is O=C1C(Cc2cc(F)cc(F)c2)c2cc(-c3ccc(F)c(Cl)c3)ccc2N1c1ccccn1. The normalized spacial score (nSPS) is 15.1. The average Bonchev–Trinajstić information content (AvgIpc) is 3.06. The summed E-state index contributed by atoms with van der Waals surface area (Å²) in [6.45, 7) is 0. The van der Waals surface area contributed by atoms with E-state index in [0.717, 1.165) is 11.6 Å². The van der Waals surface area contributed by atoms with Crippen molar-refractivity contribution >= 4 is 29.0 Å². The van der Waals surface area contributed by atoms with Crippen molar-refractivity contribution in [3.8, 4) is 11.1 Å². The van der Waals surface area contributed by atoms with Crippen LogP contribution in [0.1, 0.15) is 17.0 Å². The average molecular weight is 465 g/mol. The van der Waals surface area contributed by atoms with Crippen LogP contribution in [0.4, 0.5) is 24.7 Å². The highest BCUT2D eigenvalue weighted by molar-refractivity contribution is 6.31. The number of benzene rings is 3. The van der Waals surface area contributed by atoms with Crippen LogP contribution in [0.15, 0.2) is 79.0 Å². The second kappa shape index (κ2) is 8.37. The van der Waals surface area contributed by atoms with Crippen LogP contribution < -0.4 is 4.90 Å². The van der Waals surface area contributed by atoms with E-state index in [9.17, 15) is 18.0 Å². The molecule has 3 aromatic carbocycles. The fourth-order valence-corrected chi connectivity index (χ4v) is 4.36. The number of halogens is 4. The number of anilines is 2. The van der Waals surface area contributed by atoms with Gasteiger partial charge in [0.05, 0.1) is 16.6 Å². The molecule has 164 valence electrons. The van der Waals surface area contributed by atoms with Gasteiger partial charge >= 0.3 is 0 Å². The van der Waals surface area contributed by atoms with Crippen LogP contribution in [0.3, 0.4) is 0 Å². The molecule has 0 bridgehead atoms. The van der Waals surface area contributed by atoms with Gasteiger partial charge < -0.3 is 0 Å². The number of carbonyl (C=O) groups is 1. The first-order chi connectivity index (χ1) is 15.9. The smallest absolute Gasteiger partial charge is 0.240 e. The fraction of sp³-hybridized carbons (Fsp3) is 0.0769. The van der Waals surface area contributed by atoms with Gasteiger partial charge in [-0.05, 0) is 77.2 Å². The Kier molecular flexibility index (Phi) is 5.38. The van der Waals surface area contributed by atoms with Gasteiger partial charge in [0.2, 0.25) is 5.91 Å². The van der Waals surface area contributed by atoms with Gasteiger partial charge in [0.1, 0.15) is 23.3 Å². The molecule has 0 saturated carbocycles. The number of hydrogen-bond donors (Lipinski definition) is 0. The molecule has 1 aromatic heterocycles. The minimum atomic E-state index is -0.702. The van der Waals surface area contributed by atoms with Gasteiger partial charge in [0.15, 0.2) is 0 Å². The van der Waals surface area contributed by atoms with Gasteiger partial charge in [-0.15, -0.1) is 0 Å². The van der Waals surface area contributed by atoms with E-state index in [1.165, 1.54) is 29.2 Å². The zero-order chi connectivity index (χ0) is 23.1. The summed E-state index contributed by atoms with van der Waals surface area (Å²) in [4.78, 5) is 19.3. The minimum absolute atomic E-state index is 0.00836. The lowest BCUT2D eigenvalue weighted by molar-refractivity contribution is -0.118. The first kappa shape index (κ1) is 21.2. The number of carbonyl (C=O) groups excluding carboxylic acids is 1. The Balaban J connectivity index is 1.62. The molecule has 0 spiro atoms. The largest absolute Gasteiger partial charge is 0.273 e. The van der Waals surface area contributed by atoms with Crippen LogP contribution in [0.25, 0.3) is 11.1 Å². The molecule has 1 unspecified atom stereocenters. The number of aromatic nitrogens is 1. The third-order valence-corrected chi connectivity index (χ3v) is 5.95. The van der Waals surface area contributed by atoms with Crippen molar-refractivity contribution in [2.24, 2.45) is 0 Å². The summed E-state index contributed by atoms with van der Waals surface area (Å²) in [5.41, 5.74) is 3.12. The number of nitrogens with zero attached hydrogens (tertiary/aromatic N) is 2. The van der Waals surface area contributed by atoms with E-state index >= 15 is 0 Å². The molecule has 1 aliphatic rings. The van der Waals surface area contributed by atoms with Gasteiger partial charge in [-0.2, -0.15) is 0 Å². The number of rotatable bonds is 4. The Labute approximate surface area is 193 Å². The summed E-state index contributed by atoms with van der Waals surface area (Å²) in [6.07, 6.45) is 1.70. The highest BCUT2D eigenvalue weighted by Crippen LogP contribution is 2.44. The summed E-state index contributed by atoms with van der Waals surface area (Å²) < 4.78 is 41.3. The molecule has 0 radical (unpaired) electrons. The van der Waals surface area contributed by atoms with E-state index in [-0.39, 0.29) is 17.4 Å². The number of pyridine rings is 1. The van der Waals surface area contributed by atoms with Crippen molar-refractivity contribution in [3.05, 3.63) is 113 Å². The summed E-state index contributed by atoms with van der Waals surface area (Å²) >= 11 is 5.96. The monoisotopic (exact) mass is 464 g/mol. The standard InChI is InChI=1S/C26H16ClF3N2O/c27-22-13-17(4-6-23(22)30)16-5-7-24-20(12-16)21(11-15-9-18(28)14-19(29)10-15)26(33)32(24)25-3-1-2-8-31-25/h1-10,12-14,21H,11H2. The molecule has 2 heterocycles. The van der Waals surface area contributed by atoms with E-state index in [4.69, 9.17) is 11.6 Å². The maximum absolute atomic E-state index is 13.8. The molecule has 0 aliphatic carbocycles. The molecule has 1 aliphatic heterocycles. The van der Waals surface area contributed by atoms with Gasteiger partial charge in [0, 0.05) is 12.3 Å². The maximum atomic E-state index is 13.8. The zero-order valence-electron chi connectivity index (χ0n) is 17.1. The maximum Gasteiger partial charge on any atom is 0.240 e. The van der Waals surface area contributed by atoms with E-state index in [0.29, 0.717) is 28.2 Å². The second-order valence-corrected chi connectivity index (χ2v) is 8.21. The molecule has 1 atom stereocenters. The van der Waals surface area contributed by atoms with Crippen molar-refractivity contribution in [3.63, 3.8) is 0 Å². The molecule has 1 amide bonds. The zero-order valence-corrected chi connectivity index (χ0v) is 17.9. The molecule has 4 aromatic rings. The molecule has 0 fully saturated rings. The predicted octanol–water partition coefficient (Wildman–Crippen LogP) is 6.82.